The fourth-order valence-electron chi connectivity index (χ4n) is 3.30. The van der Waals surface area contributed by atoms with Crippen LogP contribution < -0.4 is 10.9 Å². The van der Waals surface area contributed by atoms with Crippen molar-refractivity contribution in [3.05, 3.63) is 64.2 Å². The average Bonchev–Trinajstić information content (AvgIpc) is 2.71. The zero-order valence-electron chi connectivity index (χ0n) is 20.1. The van der Waals surface area contributed by atoms with Crippen LogP contribution in [0.15, 0.2) is 33.9 Å². The third kappa shape index (κ3) is 8.65. The smallest absolute Gasteiger partial charge is 0.309 e. The summed E-state index contributed by atoms with van der Waals surface area (Å²) in [6, 6.07) is 6.28. The number of carbonyl (C=O) groups is 2. The second kappa shape index (κ2) is 11.7. The third-order valence-electron chi connectivity index (χ3n) is 5.69. The Bertz CT molecular complexity index is 1080. The van der Waals surface area contributed by atoms with Crippen molar-refractivity contribution in [1.29, 1.82) is 0 Å². The Hall–Kier alpha value is -2.58. The molecule has 0 fully saturated rings. The lowest BCUT2D eigenvalue weighted by Gasteiger charge is -2.18. The van der Waals surface area contributed by atoms with Gasteiger partial charge in [0.25, 0.3) is 0 Å². The number of aliphatic carboxylic acids is 2. The lowest BCUT2D eigenvalue weighted by molar-refractivity contribution is -0.148. The zero-order chi connectivity index (χ0) is 25.5. The first kappa shape index (κ1) is 27.7. The molecule has 6 nitrogen and oxygen atoms in total. The lowest BCUT2D eigenvalue weighted by atomic mass is 9.87. The molecule has 8 heteroatoms. The van der Waals surface area contributed by atoms with Crippen molar-refractivity contribution >= 4 is 46.8 Å². The van der Waals surface area contributed by atoms with Crippen LogP contribution in [0.25, 0.3) is 12.2 Å². The Morgan fingerprint density at radius 1 is 0.735 bits per heavy atom. The Balaban J connectivity index is 2.08. The summed E-state index contributed by atoms with van der Waals surface area (Å²) >= 11 is 2.96. The molecule has 2 aromatic heterocycles. The molecule has 0 aliphatic carbocycles. The molecular formula is C26H32O6S2. The molecule has 0 radical (unpaired) electrons. The molecule has 0 aliphatic heterocycles. The first-order chi connectivity index (χ1) is 15.8. The topological polar surface area (TPSA) is 109 Å². The van der Waals surface area contributed by atoms with Crippen LogP contribution in [-0.2, 0) is 22.4 Å². The van der Waals surface area contributed by atoms with Crippen LogP contribution in [0.1, 0.15) is 72.9 Å². The fraction of sp³-hybridized carbons (Fsp3) is 0.462. The maximum absolute atomic E-state index is 12.1. The minimum atomic E-state index is -0.829. The maximum Gasteiger partial charge on any atom is 0.309 e. The minimum absolute atomic E-state index is 0.103. The number of hydrogen-bond donors (Lipinski definition) is 2. The molecular weight excluding hydrogens is 472 g/mol. The van der Waals surface area contributed by atoms with Gasteiger partial charge in [0.1, 0.15) is 0 Å². The van der Waals surface area contributed by atoms with Gasteiger partial charge in [0.05, 0.1) is 10.8 Å². The van der Waals surface area contributed by atoms with E-state index in [0.717, 1.165) is 19.5 Å². The summed E-state index contributed by atoms with van der Waals surface area (Å²) in [7, 11) is 0. The molecule has 2 rings (SSSR count). The highest BCUT2D eigenvalue weighted by molar-refractivity contribution is 7.13. The molecule has 2 heterocycles. The van der Waals surface area contributed by atoms with E-state index in [4.69, 9.17) is 0 Å². The van der Waals surface area contributed by atoms with Gasteiger partial charge in [-0.15, -0.1) is 22.7 Å². The van der Waals surface area contributed by atoms with Crippen LogP contribution in [0, 0.1) is 10.8 Å². The molecule has 0 atom stereocenters. The number of carboxylic acids is 2. The van der Waals surface area contributed by atoms with E-state index in [1.165, 1.54) is 22.7 Å². The van der Waals surface area contributed by atoms with Crippen LogP contribution in [-0.4, -0.2) is 22.2 Å². The number of carboxylic acid groups (broad SMARTS) is 2. The molecule has 0 saturated heterocycles. The maximum atomic E-state index is 12.1. The van der Waals surface area contributed by atoms with Gasteiger partial charge in [-0.05, 0) is 90.5 Å². The summed E-state index contributed by atoms with van der Waals surface area (Å²) in [5.74, 6) is -1.66. The van der Waals surface area contributed by atoms with Crippen LogP contribution >= 0.6 is 22.7 Å². The van der Waals surface area contributed by atoms with Crippen molar-refractivity contribution in [3.8, 4) is 0 Å². The van der Waals surface area contributed by atoms with Gasteiger partial charge in [0.2, 0.25) is 0 Å². The van der Waals surface area contributed by atoms with E-state index in [1.807, 2.05) is 12.2 Å². The first-order valence-electron chi connectivity index (χ1n) is 11.2. The largest absolute Gasteiger partial charge is 0.481 e. The van der Waals surface area contributed by atoms with Crippen LogP contribution in [0.5, 0.6) is 0 Å². The summed E-state index contributed by atoms with van der Waals surface area (Å²) in [6.07, 6.45) is 7.29. The Labute approximate surface area is 207 Å². The molecule has 0 saturated carbocycles. The molecule has 2 N–H and O–H groups in total. The molecule has 0 spiro atoms. The van der Waals surface area contributed by atoms with Crippen molar-refractivity contribution in [2.75, 3.05) is 0 Å². The first-order valence-corrected chi connectivity index (χ1v) is 12.8. The van der Waals surface area contributed by atoms with E-state index >= 15 is 0 Å². The van der Waals surface area contributed by atoms with Gasteiger partial charge in [0.15, 0.2) is 10.9 Å². The molecule has 34 heavy (non-hydrogen) atoms. The highest BCUT2D eigenvalue weighted by Crippen LogP contribution is 2.26. The van der Waals surface area contributed by atoms with E-state index < -0.39 is 22.8 Å². The average molecular weight is 505 g/mol. The Morgan fingerprint density at radius 3 is 1.41 bits per heavy atom. The number of hydrogen-bond acceptors (Lipinski definition) is 6. The molecule has 0 aromatic carbocycles. The molecule has 2 aromatic rings. The summed E-state index contributed by atoms with van der Waals surface area (Å²) < 4.78 is 0. The Morgan fingerprint density at radius 2 is 1.09 bits per heavy atom. The fourth-order valence-corrected chi connectivity index (χ4v) is 5.37. The standard InChI is InChI=1S/C26H32O6S2/c1-25(2,23(29)30)11-5-7-19-13-17(27)15-21(33-19)9-10-22-16-18(28)14-20(34-22)8-6-12-26(3,4)24(31)32/h9-10,13-16H,5-8,11-12H2,1-4H3,(H,29,30)(H,31,32). The summed E-state index contributed by atoms with van der Waals surface area (Å²) in [5, 5.41) is 18.5. The van der Waals surface area contributed by atoms with Gasteiger partial charge in [-0.1, -0.05) is 0 Å². The molecule has 0 unspecified atom stereocenters. The molecule has 0 amide bonds. The molecule has 0 aliphatic rings. The van der Waals surface area contributed by atoms with Gasteiger partial charge in [-0.2, -0.15) is 0 Å². The van der Waals surface area contributed by atoms with Gasteiger partial charge < -0.3 is 10.2 Å². The predicted molar refractivity (Wildman–Crippen MR) is 139 cm³/mol. The van der Waals surface area contributed by atoms with Crippen LogP contribution in [0.4, 0.5) is 0 Å². The van der Waals surface area contributed by atoms with Crippen molar-refractivity contribution < 1.29 is 19.8 Å². The van der Waals surface area contributed by atoms with Crippen LogP contribution in [0.2, 0.25) is 0 Å². The van der Waals surface area contributed by atoms with E-state index in [1.54, 1.807) is 52.0 Å². The highest BCUT2D eigenvalue weighted by atomic mass is 32.1. The normalized spacial score (nSPS) is 12.2. The molecule has 0 bridgehead atoms. The third-order valence-corrected chi connectivity index (χ3v) is 7.84. The van der Waals surface area contributed by atoms with Gasteiger partial charge in [-0.3, -0.25) is 19.2 Å². The zero-order valence-corrected chi connectivity index (χ0v) is 21.7. The van der Waals surface area contributed by atoms with Crippen molar-refractivity contribution in [2.45, 2.75) is 66.2 Å². The van der Waals surface area contributed by atoms with Crippen molar-refractivity contribution in [2.24, 2.45) is 10.8 Å². The summed E-state index contributed by atoms with van der Waals surface area (Å²) in [5.41, 5.74) is -1.80. The number of aryl methyl sites for hydroxylation is 2. The minimum Gasteiger partial charge on any atom is -0.481 e. The molecule has 184 valence electrons. The predicted octanol–water partition coefficient (Wildman–Crippen LogP) is 5.57. The van der Waals surface area contributed by atoms with Crippen LogP contribution in [0.3, 0.4) is 0 Å². The Kier molecular flexibility index (Phi) is 9.53. The van der Waals surface area contributed by atoms with Gasteiger partial charge in [-0.25, -0.2) is 0 Å². The second-order valence-corrected chi connectivity index (χ2v) is 12.1. The monoisotopic (exact) mass is 504 g/mol. The van der Waals surface area contributed by atoms with E-state index in [0.29, 0.717) is 38.5 Å². The van der Waals surface area contributed by atoms with E-state index in [2.05, 4.69) is 0 Å². The van der Waals surface area contributed by atoms with E-state index in [-0.39, 0.29) is 10.9 Å². The summed E-state index contributed by atoms with van der Waals surface area (Å²) in [4.78, 5) is 50.1. The van der Waals surface area contributed by atoms with Gasteiger partial charge in [0, 0.05) is 31.6 Å². The summed E-state index contributed by atoms with van der Waals surface area (Å²) in [6.45, 7) is 6.79. The second-order valence-electron chi connectivity index (χ2n) is 9.74. The highest BCUT2D eigenvalue weighted by Gasteiger charge is 2.27. The van der Waals surface area contributed by atoms with Crippen molar-refractivity contribution in [3.63, 3.8) is 0 Å². The lowest BCUT2D eigenvalue weighted by Crippen LogP contribution is -2.23. The quantitative estimate of drug-likeness (QED) is 0.391. The van der Waals surface area contributed by atoms with Gasteiger partial charge >= 0.3 is 11.9 Å². The van der Waals surface area contributed by atoms with Crippen molar-refractivity contribution in [1.82, 2.24) is 0 Å². The number of rotatable bonds is 12. The van der Waals surface area contributed by atoms with E-state index in [9.17, 15) is 29.4 Å². The SMILES string of the molecule is CC(C)(CCCc1cc(=O)cc(C=Cc2cc(=O)cc(CCCC(C)(C)C(=O)O)s2)s1)C(=O)O.